The van der Waals surface area contributed by atoms with Gasteiger partial charge in [0, 0.05) is 17.4 Å². The van der Waals surface area contributed by atoms with Gasteiger partial charge in [0.1, 0.15) is 6.54 Å². The first-order valence-corrected chi connectivity index (χ1v) is 10.9. The summed E-state index contributed by atoms with van der Waals surface area (Å²) in [5.41, 5.74) is 1.50. The van der Waals surface area contributed by atoms with Crippen molar-refractivity contribution in [3.8, 4) is 0 Å². The Bertz CT molecular complexity index is 413. The van der Waals surface area contributed by atoms with Crippen molar-refractivity contribution in [2.24, 2.45) is 11.8 Å². The fourth-order valence-electron chi connectivity index (χ4n) is 4.31. The number of benzene rings is 1. The molecule has 2 atom stereocenters. The summed E-state index contributed by atoms with van der Waals surface area (Å²) in [5.74, 6) is 1.75. The van der Waals surface area contributed by atoms with Crippen LogP contribution in [-0.4, -0.2) is 24.6 Å². The van der Waals surface area contributed by atoms with E-state index in [-0.39, 0.29) is 12.4 Å². The molecule has 2 heteroatoms. The monoisotopic (exact) mass is 381 g/mol. The van der Waals surface area contributed by atoms with Crippen molar-refractivity contribution in [2.45, 2.75) is 85.6 Å². The highest BCUT2D eigenvalue weighted by atomic mass is 35.5. The number of rotatable bonds is 14. The molecule has 0 radical (unpaired) electrons. The van der Waals surface area contributed by atoms with Crippen molar-refractivity contribution >= 4 is 0 Å². The minimum atomic E-state index is 0. The normalized spacial score (nSPS) is 15.7. The van der Waals surface area contributed by atoms with Crippen LogP contribution in [0.3, 0.4) is 0 Å². The zero-order valence-electron chi connectivity index (χ0n) is 18.1. The zero-order chi connectivity index (χ0) is 18.5. The van der Waals surface area contributed by atoms with Crippen molar-refractivity contribution in [2.75, 3.05) is 20.1 Å². The first-order valence-electron chi connectivity index (χ1n) is 10.9. The standard InChI is InChI=1S/C24H44N.ClH/c1-6-10-15-22(8-3)19-25(5,20-23(9-4)16-11-7-2)21-24-17-13-12-14-18-24;/h12-14,17-18,22-23H,6-11,15-16,19-21H2,1-5H3;1H/q+1;/p-1. The molecule has 2 unspecified atom stereocenters. The lowest BCUT2D eigenvalue weighted by atomic mass is 9.93. The summed E-state index contributed by atoms with van der Waals surface area (Å²) in [6.07, 6.45) is 10.9. The van der Waals surface area contributed by atoms with Crippen LogP contribution in [0.1, 0.15) is 84.6 Å². The van der Waals surface area contributed by atoms with Crippen molar-refractivity contribution in [3.05, 3.63) is 35.9 Å². The second-order valence-electron chi connectivity index (χ2n) is 8.46. The molecule has 0 aliphatic carbocycles. The van der Waals surface area contributed by atoms with Gasteiger partial charge in [0.25, 0.3) is 0 Å². The Morgan fingerprint density at radius 3 is 1.62 bits per heavy atom. The van der Waals surface area contributed by atoms with E-state index in [2.05, 4.69) is 65.1 Å². The Morgan fingerprint density at radius 1 is 0.769 bits per heavy atom. The van der Waals surface area contributed by atoms with Crippen LogP contribution in [0.2, 0.25) is 0 Å². The molecule has 0 saturated heterocycles. The molecular weight excluding hydrogens is 338 g/mol. The molecular formula is C24H44ClN. The van der Waals surface area contributed by atoms with E-state index in [0.717, 1.165) is 11.8 Å². The highest BCUT2D eigenvalue weighted by Crippen LogP contribution is 2.25. The fraction of sp³-hybridized carbons (Fsp3) is 0.750. The first-order chi connectivity index (χ1) is 12.1. The predicted molar refractivity (Wildman–Crippen MR) is 113 cm³/mol. The Kier molecular flexibility index (Phi) is 14.2. The van der Waals surface area contributed by atoms with Crippen LogP contribution in [0.15, 0.2) is 30.3 Å². The molecule has 0 aliphatic heterocycles. The second kappa shape index (κ2) is 14.5. The number of hydrogen-bond acceptors (Lipinski definition) is 0. The van der Waals surface area contributed by atoms with Gasteiger partial charge in [-0.15, -0.1) is 0 Å². The molecule has 0 aliphatic rings. The summed E-state index contributed by atoms with van der Waals surface area (Å²) in [6.45, 7) is 13.3. The second-order valence-corrected chi connectivity index (χ2v) is 8.46. The maximum absolute atomic E-state index is 2.52. The molecule has 26 heavy (non-hydrogen) atoms. The Hall–Kier alpha value is -0.530. The summed E-state index contributed by atoms with van der Waals surface area (Å²) < 4.78 is 1.22. The summed E-state index contributed by atoms with van der Waals surface area (Å²) in [7, 11) is 2.52. The van der Waals surface area contributed by atoms with Gasteiger partial charge in [-0.05, 0) is 25.7 Å². The van der Waals surface area contributed by atoms with Crippen molar-refractivity contribution in [1.82, 2.24) is 0 Å². The molecule has 152 valence electrons. The summed E-state index contributed by atoms with van der Waals surface area (Å²) in [4.78, 5) is 0. The van der Waals surface area contributed by atoms with Crippen LogP contribution < -0.4 is 12.4 Å². The molecule has 1 nitrogen and oxygen atoms in total. The van der Waals surface area contributed by atoms with Gasteiger partial charge in [0.05, 0.1) is 20.1 Å². The molecule has 0 saturated carbocycles. The summed E-state index contributed by atoms with van der Waals surface area (Å²) in [5, 5.41) is 0. The van der Waals surface area contributed by atoms with Crippen molar-refractivity contribution in [1.29, 1.82) is 0 Å². The Morgan fingerprint density at radius 2 is 1.23 bits per heavy atom. The molecule has 1 rings (SSSR count). The van der Waals surface area contributed by atoms with Gasteiger partial charge >= 0.3 is 0 Å². The Balaban J connectivity index is 0.00000625. The average Bonchev–Trinajstić information content (AvgIpc) is 2.63. The minimum Gasteiger partial charge on any atom is -1.00 e. The third-order valence-corrected chi connectivity index (χ3v) is 5.89. The Labute approximate surface area is 170 Å². The number of nitrogens with zero attached hydrogens (tertiary/aromatic N) is 1. The van der Waals surface area contributed by atoms with Crippen molar-refractivity contribution in [3.63, 3.8) is 0 Å². The molecule has 0 fully saturated rings. The van der Waals surface area contributed by atoms with E-state index in [0.29, 0.717) is 0 Å². The number of quaternary nitrogens is 1. The largest absolute Gasteiger partial charge is 1.00 e. The minimum absolute atomic E-state index is 0. The highest BCUT2D eigenvalue weighted by molar-refractivity contribution is 5.13. The lowest BCUT2D eigenvalue weighted by Gasteiger charge is -2.40. The van der Waals surface area contributed by atoms with E-state index in [9.17, 15) is 0 Å². The lowest BCUT2D eigenvalue weighted by molar-refractivity contribution is -0.929. The topological polar surface area (TPSA) is 0 Å². The first kappa shape index (κ1) is 25.5. The average molecular weight is 382 g/mol. The molecule has 0 aromatic heterocycles. The third-order valence-electron chi connectivity index (χ3n) is 5.89. The molecule has 1 aromatic carbocycles. The van der Waals surface area contributed by atoms with Gasteiger partial charge in [-0.1, -0.05) is 83.7 Å². The molecule has 0 spiro atoms. The van der Waals surface area contributed by atoms with E-state index < -0.39 is 0 Å². The number of hydrogen-bond donors (Lipinski definition) is 0. The maximum atomic E-state index is 2.52. The van der Waals surface area contributed by atoms with Crippen LogP contribution in [0.4, 0.5) is 0 Å². The summed E-state index contributed by atoms with van der Waals surface area (Å²) >= 11 is 0. The van der Waals surface area contributed by atoms with E-state index in [4.69, 9.17) is 0 Å². The van der Waals surface area contributed by atoms with Crippen molar-refractivity contribution < 1.29 is 16.9 Å². The van der Waals surface area contributed by atoms with Crippen LogP contribution in [0.25, 0.3) is 0 Å². The van der Waals surface area contributed by atoms with Gasteiger partial charge in [-0.2, -0.15) is 0 Å². The molecule has 0 heterocycles. The van der Waals surface area contributed by atoms with Crippen LogP contribution in [0.5, 0.6) is 0 Å². The maximum Gasteiger partial charge on any atom is 0.104 e. The molecule has 1 aromatic rings. The molecule has 0 N–H and O–H groups in total. The number of unbranched alkanes of at least 4 members (excludes halogenated alkanes) is 2. The van der Waals surface area contributed by atoms with Gasteiger partial charge in [0.2, 0.25) is 0 Å². The third kappa shape index (κ3) is 9.97. The fourth-order valence-corrected chi connectivity index (χ4v) is 4.31. The quantitative estimate of drug-likeness (QED) is 0.426. The van der Waals surface area contributed by atoms with Gasteiger partial charge in [0.15, 0.2) is 0 Å². The smallest absolute Gasteiger partial charge is 0.104 e. The van der Waals surface area contributed by atoms with Crippen LogP contribution >= 0.6 is 0 Å². The van der Waals surface area contributed by atoms with E-state index >= 15 is 0 Å². The van der Waals surface area contributed by atoms with Gasteiger partial charge in [-0.25, -0.2) is 0 Å². The zero-order valence-corrected chi connectivity index (χ0v) is 18.9. The van der Waals surface area contributed by atoms with E-state index in [1.165, 1.54) is 81.0 Å². The van der Waals surface area contributed by atoms with Gasteiger partial charge < -0.3 is 16.9 Å². The van der Waals surface area contributed by atoms with E-state index in [1.807, 2.05) is 0 Å². The molecule has 0 amide bonds. The molecule has 0 bridgehead atoms. The van der Waals surface area contributed by atoms with E-state index in [1.54, 1.807) is 0 Å². The van der Waals surface area contributed by atoms with Crippen LogP contribution in [-0.2, 0) is 6.54 Å². The summed E-state index contributed by atoms with van der Waals surface area (Å²) in [6, 6.07) is 11.2. The van der Waals surface area contributed by atoms with Crippen LogP contribution in [0, 0.1) is 11.8 Å². The number of halogens is 1. The highest BCUT2D eigenvalue weighted by Gasteiger charge is 2.29. The van der Waals surface area contributed by atoms with Gasteiger partial charge in [-0.3, -0.25) is 0 Å². The SMILES string of the molecule is CCCCC(CC)C[N+](C)(Cc1ccccc1)CC(CC)CCCC.[Cl-]. The predicted octanol–water partition coefficient (Wildman–Crippen LogP) is 4.07. The lowest BCUT2D eigenvalue weighted by Crippen LogP contribution is -3.00.